The zero-order chi connectivity index (χ0) is 12.3. The fourth-order valence-corrected chi connectivity index (χ4v) is 2.20. The smallest absolute Gasteiger partial charge is 0.122 e. The molecule has 2 rings (SSSR count). The summed E-state index contributed by atoms with van der Waals surface area (Å²) >= 11 is 1.54. The number of thiazole rings is 1. The van der Waals surface area contributed by atoms with Gasteiger partial charge in [-0.1, -0.05) is 0 Å². The maximum Gasteiger partial charge on any atom is 0.122 e. The lowest BCUT2D eigenvalue weighted by molar-refractivity contribution is 0.393. The van der Waals surface area contributed by atoms with E-state index < -0.39 is 0 Å². The van der Waals surface area contributed by atoms with Gasteiger partial charge in [0.2, 0.25) is 0 Å². The second-order valence-electron chi connectivity index (χ2n) is 3.53. The Morgan fingerprint density at radius 1 is 1.18 bits per heavy atom. The van der Waals surface area contributed by atoms with Gasteiger partial charge in [-0.15, -0.1) is 11.3 Å². The van der Waals surface area contributed by atoms with Gasteiger partial charge >= 0.3 is 0 Å². The minimum absolute atomic E-state index is 0.202. The van der Waals surface area contributed by atoms with Gasteiger partial charge in [0.05, 0.1) is 25.8 Å². The molecule has 1 atom stereocenters. The third kappa shape index (κ3) is 2.57. The average Bonchev–Trinajstić information content (AvgIpc) is 2.91. The Morgan fingerprint density at radius 2 is 1.82 bits per heavy atom. The highest BCUT2D eigenvalue weighted by atomic mass is 32.1. The molecule has 0 saturated heterocycles. The van der Waals surface area contributed by atoms with Gasteiger partial charge in [-0.05, 0) is 17.7 Å². The first kappa shape index (κ1) is 11.9. The fraction of sp³-hybridized carbons (Fsp3) is 0.250. The molecule has 90 valence electrons. The number of ether oxygens (including phenoxy) is 2. The fourth-order valence-electron chi connectivity index (χ4n) is 1.55. The summed E-state index contributed by atoms with van der Waals surface area (Å²) < 4.78 is 10.4. The molecule has 0 saturated carbocycles. The van der Waals surface area contributed by atoms with E-state index in [0.717, 1.165) is 21.9 Å². The molecule has 1 aromatic heterocycles. The van der Waals surface area contributed by atoms with Crippen molar-refractivity contribution in [3.63, 3.8) is 0 Å². The van der Waals surface area contributed by atoms with Crippen LogP contribution >= 0.6 is 11.3 Å². The molecule has 0 aliphatic rings. The van der Waals surface area contributed by atoms with Gasteiger partial charge in [0.1, 0.15) is 11.5 Å². The van der Waals surface area contributed by atoms with Gasteiger partial charge in [-0.2, -0.15) is 0 Å². The monoisotopic (exact) mass is 250 g/mol. The first-order valence-electron chi connectivity index (χ1n) is 5.11. The standard InChI is InChI=1S/C12H14N2O2S/c1-15-9-3-8(4-10(5-9)16-2)12(13)11-6-14-7-17-11/h3-7,12H,13H2,1-2H3. The van der Waals surface area contributed by atoms with Crippen LogP contribution in [0.15, 0.2) is 29.9 Å². The molecular weight excluding hydrogens is 236 g/mol. The van der Waals surface area contributed by atoms with E-state index in [1.165, 1.54) is 11.3 Å². The summed E-state index contributed by atoms with van der Waals surface area (Å²) in [5.41, 5.74) is 8.89. The molecule has 0 amide bonds. The van der Waals surface area contributed by atoms with Crippen LogP contribution in [0.3, 0.4) is 0 Å². The highest BCUT2D eigenvalue weighted by Gasteiger charge is 2.13. The van der Waals surface area contributed by atoms with E-state index in [4.69, 9.17) is 15.2 Å². The zero-order valence-electron chi connectivity index (χ0n) is 9.71. The lowest BCUT2D eigenvalue weighted by atomic mass is 10.1. The first-order valence-corrected chi connectivity index (χ1v) is 5.99. The van der Waals surface area contributed by atoms with Gasteiger partial charge in [0, 0.05) is 17.1 Å². The van der Waals surface area contributed by atoms with Crippen LogP contribution in [0.5, 0.6) is 11.5 Å². The summed E-state index contributed by atoms with van der Waals surface area (Å²) in [5.74, 6) is 1.47. The molecule has 0 spiro atoms. The summed E-state index contributed by atoms with van der Waals surface area (Å²) in [4.78, 5) is 5.04. The summed E-state index contributed by atoms with van der Waals surface area (Å²) in [5, 5.41) is 0. The van der Waals surface area contributed by atoms with Crippen molar-refractivity contribution >= 4 is 11.3 Å². The molecule has 1 unspecified atom stereocenters. The van der Waals surface area contributed by atoms with E-state index in [9.17, 15) is 0 Å². The minimum Gasteiger partial charge on any atom is -0.497 e. The quantitative estimate of drug-likeness (QED) is 0.903. The van der Waals surface area contributed by atoms with Gasteiger partial charge in [0.25, 0.3) is 0 Å². The van der Waals surface area contributed by atoms with E-state index in [1.807, 2.05) is 18.2 Å². The van der Waals surface area contributed by atoms with Crippen LogP contribution in [0.25, 0.3) is 0 Å². The number of rotatable bonds is 4. The highest BCUT2D eigenvalue weighted by molar-refractivity contribution is 7.09. The zero-order valence-corrected chi connectivity index (χ0v) is 10.5. The number of hydrogen-bond donors (Lipinski definition) is 1. The molecule has 0 radical (unpaired) electrons. The second kappa shape index (κ2) is 5.16. The van der Waals surface area contributed by atoms with E-state index in [1.54, 1.807) is 25.9 Å². The molecule has 4 nitrogen and oxygen atoms in total. The van der Waals surface area contributed by atoms with Crippen molar-refractivity contribution in [2.24, 2.45) is 5.73 Å². The summed E-state index contributed by atoms with van der Waals surface area (Å²) in [6.07, 6.45) is 1.78. The van der Waals surface area contributed by atoms with Crippen LogP contribution in [0, 0.1) is 0 Å². The summed E-state index contributed by atoms with van der Waals surface area (Å²) in [6, 6.07) is 5.44. The van der Waals surface area contributed by atoms with Gasteiger partial charge in [-0.3, -0.25) is 4.98 Å². The Balaban J connectivity index is 2.37. The van der Waals surface area contributed by atoms with Gasteiger partial charge in [-0.25, -0.2) is 0 Å². The number of benzene rings is 1. The van der Waals surface area contributed by atoms with Crippen molar-refractivity contribution in [1.29, 1.82) is 0 Å². The van der Waals surface area contributed by atoms with Crippen molar-refractivity contribution in [1.82, 2.24) is 4.98 Å². The van der Waals surface area contributed by atoms with Crippen molar-refractivity contribution < 1.29 is 9.47 Å². The lowest BCUT2D eigenvalue weighted by Crippen LogP contribution is -2.10. The molecule has 2 N–H and O–H groups in total. The van der Waals surface area contributed by atoms with E-state index in [2.05, 4.69) is 4.98 Å². The maximum absolute atomic E-state index is 6.17. The Morgan fingerprint density at radius 3 is 2.29 bits per heavy atom. The number of nitrogens with two attached hydrogens (primary N) is 1. The molecule has 5 heteroatoms. The minimum atomic E-state index is -0.202. The summed E-state index contributed by atoms with van der Waals surface area (Å²) in [7, 11) is 3.24. The molecular formula is C12H14N2O2S. The molecule has 1 aromatic carbocycles. The van der Waals surface area contributed by atoms with Crippen LogP contribution in [0.4, 0.5) is 0 Å². The van der Waals surface area contributed by atoms with Crippen LogP contribution < -0.4 is 15.2 Å². The largest absolute Gasteiger partial charge is 0.497 e. The first-order chi connectivity index (χ1) is 8.24. The van der Waals surface area contributed by atoms with E-state index in [-0.39, 0.29) is 6.04 Å². The Kier molecular flexibility index (Phi) is 3.61. The normalized spacial score (nSPS) is 12.2. The Hall–Kier alpha value is -1.59. The van der Waals surface area contributed by atoms with Crippen molar-refractivity contribution in [3.8, 4) is 11.5 Å². The maximum atomic E-state index is 6.17. The molecule has 0 aliphatic carbocycles. The molecule has 2 aromatic rings. The SMILES string of the molecule is COc1cc(OC)cc(C(N)c2cncs2)c1. The molecule has 0 bridgehead atoms. The van der Waals surface area contributed by atoms with Gasteiger partial charge < -0.3 is 15.2 Å². The van der Waals surface area contributed by atoms with Crippen molar-refractivity contribution in [3.05, 3.63) is 40.3 Å². The Bertz CT molecular complexity index is 463. The number of nitrogens with zero attached hydrogens (tertiary/aromatic N) is 1. The predicted molar refractivity (Wildman–Crippen MR) is 67.7 cm³/mol. The van der Waals surface area contributed by atoms with Crippen LogP contribution in [0.2, 0.25) is 0 Å². The highest BCUT2D eigenvalue weighted by Crippen LogP contribution is 2.29. The number of hydrogen-bond acceptors (Lipinski definition) is 5. The van der Waals surface area contributed by atoms with Crippen LogP contribution in [-0.4, -0.2) is 19.2 Å². The molecule has 1 heterocycles. The molecule has 17 heavy (non-hydrogen) atoms. The topological polar surface area (TPSA) is 57.4 Å². The average molecular weight is 250 g/mol. The second-order valence-corrected chi connectivity index (χ2v) is 4.45. The van der Waals surface area contributed by atoms with E-state index >= 15 is 0 Å². The van der Waals surface area contributed by atoms with E-state index in [0.29, 0.717) is 0 Å². The molecule has 0 aliphatic heterocycles. The van der Waals surface area contributed by atoms with Crippen molar-refractivity contribution in [2.75, 3.05) is 14.2 Å². The van der Waals surface area contributed by atoms with Gasteiger partial charge in [0.15, 0.2) is 0 Å². The van der Waals surface area contributed by atoms with Crippen LogP contribution in [-0.2, 0) is 0 Å². The molecule has 0 fully saturated rings. The third-order valence-corrected chi connectivity index (χ3v) is 3.35. The van der Waals surface area contributed by atoms with Crippen molar-refractivity contribution in [2.45, 2.75) is 6.04 Å². The third-order valence-electron chi connectivity index (χ3n) is 2.49. The summed E-state index contributed by atoms with van der Waals surface area (Å²) in [6.45, 7) is 0. The van der Waals surface area contributed by atoms with Crippen LogP contribution in [0.1, 0.15) is 16.5 Å². The number of methoxy groups -OCH3 is 2. The lowest BCUT2D eigenvalue weighted by Gasteiger charge is -2.13. The predicted octanol–water partition coefficient (Wildman–Crippen LogP) is 2.21. The Labute approximate surface area is 104 Å². The number of aromatic nitrogens is 1.